The van der Waals surface area contributed by atoms with Gasteiger partial charge in [0.15, 0.2) is 0 Å². The van der Waals surface area contributed by atoms with Gasteiger partial charge in [-0.2, -0.15) is 0 Å². The van der Waals surface area contributed by atoms with Crippen molar-refractivity contribution < 1.29 is 18.7 Å². The minimum absolute atomic E-state index is 0.0492. The number of carbonyl (C=O) groups is 2. The molecule has 0 spiro atoms. The average molecular weight is 356 g/mol. The molecule has 1 saturated heterocycles. The molecule has 0 N–H and O–H groups in total. The molecule has 26 heavy (non-hydrogen) atoms. The van der Waals surface area contributed by atoms with Gasteiger partial charge in [0.2, 0.25) is 0 Å². The fourth-order valence-electron chi connectivity index (χ4n) is 3.01. The fraction of sp³-hybridized carbons (Fsp3) is 0.300. The predicted molar refractivity (Wildman–Crippen MR) is 95.4 cm³/mol. The van der Waals surface area contributed by atoms with E-state index in [0.717, 1.165) is 5.56 Å². The number of nitrogens with zero attached hydrogens (tertiary/aromatic N) is 2. The van der Waals surface area contributed by atoms with Crippen LogP contribution >= 0.6 is 0 Å². The van der Waals surface area contributed by atoms with Gasteiger partial charge in [-0.1, -0.05) is 18.2 Å². The highest BCUT2D eigenvalue weighted by molar-refractivity contribution is 5.96. The van der Waals surface area contributed by atoms with E-state index in [1.165, 1.54) is 18.2 Å². The summed E-state index contributed by atoms with van der Waals surface area (Å²) in [6, 6.07) is 13.0. The third kappa shape index (κ3) is 4.08. The second-order valence-corrected chi connectivity index (χ2v) is 6.22. The molecule has 0 bridgehead atoms. The maximum Gasteiger partial charge on any atom is 0.254 e. The van der Waals surface area contributed by atoms with Gasteiger partial charge in [0.25, 0.3) is 11.8 Å². The third-order valence-corrected chi connectivity index (χ3v) is 4.44. The standard InChI is InChI=1S/C20H21FN2O3/c1-26-14-15-5-7-16(8-6-15)19(24)22-9-11-23(12-10-22)20(25)17-3-2-4-18(21)13-17/h2-8,13H,9-12,14H2,1H3. The van der Waals surface area contributed by atoms with E-state index in [4.69, 9.17) is 4.74 Å². The molecule has 0 radical (unpaired) electrons. The van der Waals surface area contributed by atoms with Gasteiger partial charge in [0.05, 0.1) is 6.61 Å². The summed E-state index contributed by atoms with van der Waals surface area (Å²) in [5.41, 5.74) is 1.96. The van der Waals surface area contributed by atoms with Gasteiger partial charge in [-0.05, 0) is 35.9 Å². The Morgan fingerprint density at radius 2 is 1.50 bits per heavy atom. The van der Waals surface area contributed by atoms with E-state index < -0.39 is 5.82 Å². The van der Waals surface area contributed by atoms with Crippen LogP contribution in [0.3, 0.4) is 0 Å². The van der Waals surface area contributed by atoms with Gasteiger partial charge in [-0.3, -0.25) is 9.59 Å². The maximum absolute atomic E-state index is 13.3. The Morgan fingerprint density at radius 1 is 0.923 bits per heavy atom. The van der Waals surface area contributed by atoms with Crippen LogP contribution in [0.2, 0.25) is 0 Å². The van der Waals surface area contributed by atoms with Crippen LogP contribution in [0.1, 0.15) is 26.3 Å². The lowest BCUT2D eigenvalue weighted by Gasteiger charge is -2.35. The number of piperazine rings is 1. The Bertz CT molecular complexity index is 784. The van der Waals surface area contributed by atoms with Crippen LogP contribution in [0.15, 0.2) is 48.5 Å². The molecule has 3 rings (SSSR count). The number of hydrogen-bond acceptors (Lipinski definition) is 3. The molecule has 5 nitrogen and oxygen atoms in total. The number of methoxy groups -OCH3 is 1. The van der Waals surface area contributed by atoms with E-state index in [1.807, 2.05) is 12.1 Å². The van der Waals surface area contributed by atoms with E-state index in [0.29, 0.717) is 43.9 Å². The van der Waals surface area contributed by atoms with E-state index >= 15 is 0 Å². The molecular weight excluding hydrogens is 335 g/mol. The Morgan fingerprint density at radius 3 is 2.04 bits per heavy atom. The number of hydrogen-bond donors (Lipinski definition) is 0. The highest BCUT2D eigenvalue weighted by Gasteiger charge is 2.25. The van der Waals surface area contributed by atoms with Crippen molar-refractivity contribution in [2.75, 3.05) is 33.3 Å². The van der Waals surface area contributed by atoms with Crippen LogP contribution in [-0.4, -0.2) is 54.9 Å². The van der Waals surface area contributed by atoms with Crippen molar-refractivity contribution in [2.24, 2.45) is 0 Å². The van der Waals surface area contributed by atoms with Gasteiger partial charge in [-0.15, -0.1) is 0 Å². The molecule has 1 aliphatic heterocycles. The van der Waals surface area contributed by atoms with Crippen molar-refractivity contribution in [3.05, 3.63) is 71.0 Å². The molecule has 0 aliphatic carbocycles. The molecule has 2 aromatic rings. The molecule has 0 saturated carbocycles. The second kappa shape index (κ2) is 8.10. The lowest BCUT2D eigenvalue weighted by atomic mass is 10.1. The highest BCUT2D eigenvalue weighted by Crippen LogP contribution is 2.14. The van der Waals surface area contributed by atoms with Crippen molar-refractivity contribution in [2.45, 2.75) is 6.61 Å². The summed E-state index contributed by atoms with van der Waals surface area (Å²) in [6.45, 7) is 2.29. The zero-order valence-electron chi connectivity index (χ0n) is 14.7. The highest BCUT2D eigenvalue weighted by atomic mass is 19.1. The summed E-state index contributed by atoms with van der Waals surface area (Å²) in [6.07, 6.45) is 0. The van der Waals surface area contributed by atoms with Gasteiger partial charge in [-0.25, -0.2) is 4.39 Å². The molecular formula is C20H21FN2O3. The van der Waals surface area contributed by atoms with Crippen LogP contribution in [0.25, 0.3) is 0 Å². The molecule has 0 atom stereocenters. The first-order valence-corrected chi connectivity index (χ1v) is 8.50. The van der Waals surface area contributed by atoms with Crippen molar-refractivity contribution >= 4 is 11.8 Å². The van der Waals surface area contributed by atoms with Gasteiger partial charge in [0.1, 0.15) is 5.82 Å². The molecule has 2 aromatic carbocycles. The Balaban J connectivity index is 1.59. The molecule has 1 fully saturated rings. The minimum atomic E-state index is -0.429. The molecule has 1 heterocycles. The van der Waals surface area contributed by atoms with Gasteiger partial charge in [0, 0.05) is 44.4 Å². The normalized spacial score (nSPS) is 14.4. The third-order valence-electron chi connectivity index (χ3n) is 4.44. The summed E-state index contributed by atoms with van der Waals surface area (Å²) in [7, 11) is 1.63. The summed E-state index contributed by atoms with van der Waals surface area (Å²) in [4.78, 5) is 28.4. The molecule has 1 aliphatic rings. The number of carbonyl (C=O) groups excluding carboxylic acids is 2. The number of amides is 2. The average Bonchev–Trinajstić information content (AvgIpc) is 2.68. The zero-order chi connectivity index (χ0) is 18.5. The molecule has 0 aromatic heterocycles. The van der Waals surface area contributed by atoms with Crippen molar-refractivity contribution in [1.82, 2.24) is 9.80 Å². The number of benzene rings is 2. The van der Waals surface area contributed by atoms with Gasteiger partial charge < -0.3 is 14.5 Å². The van der Waals surface area contributed by atoms with Crippen LogP contribution in [0.5, 0.6) is 0 Å². The largest absolute Gasteiger partial charge is 0.380 e. The fourth-order valence-corrected chi connectivity index (χ4v) is 3.01. The monoisotopic (exact) mass is 356 g/mol. The van der Waals surface area contributed by atoms with E-state index in [9.17, 15) is 14.0 Å². The van der Waals surface area contributed by atoms with Crippen LogP contribution in [0.4, 0.5) is 4.39 Å². The van der Waals surface area contributed by atoms with Crippen molar-refractivity contribution in [3.8, 4) is 0 Å². The van der Waals surface area contributed by atoms with Crippen LogP contribution < -0.4 is 0 Å². The number of halogens is 1. The van der Waals surface area contributed by atoms with E-state index in [1.54, 1.807) is 35.1 Å². The van der Waals surface area contributed by atoms with Crippen LogP contribution in [-0.2, 0) is 11.3 Å². The zero-order valence-corrected chi connectivity index (χ0v) is 14.7. The first-order chi connectivity index (χ1) is 12.6. The Hall–Kier alpha value is -2.73. The summed E-state index contributed by atoms with van der Waals surface area (Å²) >= 11 is 0. The second-order valence-electron chi connectivity index (χ2n) is 6.22. The quantitative estimate of drug-likeness (QED) is 0.846. The number of rotatable bonds is 4. The predicted octanol–water partition coefficient (Wildman–Crippen LogP) is 2.57. The lowest BCUT2D eigenvalue weighted by Crippen LogP contribution is -2.50. The molecule has 6 heteroatoms. The summed E-state index contributed by atoms with van der Waals surface area (Å²) in [5, 5.41) is 0. The summed E-state index contributed by atoms with van der Waals surface area (Å²) in [5.74, 6) is -0.686. The first kappa shape index (κ1) is 18.1. The van der Waals surface area contributed by atoms with Gasteiger partial charge >= 0.3 is 0 Å². The Kier molecular flexibility index (Phi) is 5.63. The molecule has 0 unspecified atom stereocenters. The number of ether oxygens (including phenoxy) is 1. The minimum Gasteiger partial charge on any atom is -0.380 e. The molecule has 2 amide bonds. The van der Waals surface area contributed by atoms with Crippen LogP contribution in [0, 0.1) is 5.82 Å². The van der Waals surface area contributed by atoms with E-state index in [2.05, 4.69) is 0 Å². The SMILES string of the molecule is COCc1ccc(C(=O)N2CCN(C(=O)c3cccc(F)c3)CC2)cc1. The van der Waals surface area contributed by atoms with Crippen molar-refractivity contribution in [3.63, 3.8) is 0 Å². The molecule has 136 valence electrons. The van der Waals surface area contributed by atoms with Crippen molar-refractivity contribution in [1.29, 1.82) is 0 Å². The Labute approximate surface area is 152 Å². The topological polar surface area (TPSA) is 49.9 Å². The maximum atomic E-state index is 13.3. The lowest BCUT2D eigenvalue weighted by molar-refractivity contribution is 0.0535. The first-order valence-electron chi connectivity index (χ1n) is 8.50. The van der Waals surface area contributed by atoms with E-state index in [-0.39, 0.29) is 11.8 Å². The summed E-state index contributed by atoms with van der Waals surface area (Å²) < 4.78 is 18.4. The smallest absolute Gasteiger partial charge is 0.254 e.